The molecule has 0 aromatic heterocycles. The number of nitrogens with one attached hydrogen (secondary N) is 1. The molecule has 230 valence electrons. The number of aliphatic imine (C=N–C) groups is 1. The van der Waals surface area contributed by atoms with Gasteiger partial charge in [-0.3, -0.25) is 19.3 Å². The zero-order valence-electron chi connectivity index (χ0n) is 24.1. The summed E-state index contributed by atoms with van der Waals surface area (Å²) in [5.74, 6) is -0.935. The second-order valence-electron chi connectivity index (χ2n) is 10.6. The molecule has 0 radical (unpaired) electrons. The Bertz CT molecular complexity index is 1680. The summed E-state index contributed by atoms with van der Waals surface area (Å²) in [6, 6.07) is 20.7. The van der Waals surface area contributed by atoms with E-state index in [0.717, 1.165) is 16.9 Å². The van der Waals surface area contributed by atoms with Crippen LogP contribution in [0.5, 0.6) is 0 Å². The second kappa shape index (κ2) is 13.3. The predicted molar refractivity (Wildman–Crippen MR) is 166 cm³/mol. The van der Waals surface area contributed by atoms with Crippen molar-refractivity contribution in [2.75, 3.05) is 18.5 Å². The summed E-state index contributed by atoms with van der Waals surface area (Å²) in [5.41, 5.74) is 2.27. The Balaban J connectivity index is 1.13. The maximum absolute atomic E-state index is 13.8. The maximum Gasteiger partial charge on any atom is 0.417 e. The molecule has 3 aliphatic rings. The van der Waals surface area contributed by atoms with Gasteiger partial charge in [-0.05, 0) is 54.0 Å². The van der Waals surface area contributed by atoms with Crippen LogP contribution in [0, 0.1) is 5.82 Å². The molecule has 3 aliphatic heterocycles. The van der Waals surface area contributed by atoms with Crippen LogP contribution in [0.25, 0.3) is 0 Å². The van der Waals surface area contributed by atoms with Crippen molar-refractivity contribution in [2.45, 2.75) is 37.2 Å². The summed E-state index contributed by atoms with van der Waals surface area (Å²) >= 11 is 1.25. The number of carbonyl (C=O) groups is 4. The maximum atomic E-state index is 13.8. The van der Waals surface area contributed by atoms with Crippen molar-refractivity contribution in [1.29, 1.82) is 0 Å². The van der Waals surface area contributed by atoms with Gasteiger partial charge in [-0.2, -0.15) is 0 Å². The minimum absolute atomic E-state index is 0.0200. The fourth-order valence-corrected chi connectivity index (χ4v) is 6.38. The Labute approximate surface area is 262 Å². The third-order valence-corrected chi connectivity index (χ3v) is 8.70. The Kier molecular flexibility index (Phi) is 8.92. The molecule has 6 rings (SSSR count). The van der Waals surface area contributed by atoms with Gasteiger partial charge in [-0.25, -0.2) is 19.1 Å². The number of thioether (sulfide) groups is 1. The van der Waals surface area contributed by atoms with E-state index in [1.165, 1.54) is 28.8 Å². The van der Waals surface area contributed by atoms with Gasteiger partial charge in [0.05, 0.1) is 18.8 Å². The summed E-state index contributed by atoms with van der Waals surface area (Å²) in [5, 5.41) is 2.58. The van der Waals surface area contributed by atoms with Gasteiger partial charge in [0.2, 0.25) is 17.7 Å². The van der Waals surface area contributed by atoms with Gasteiger partial charge in [0.25, 0.3) is 0 Å². The minimum Gasteiger partial charge on any atom is -0.496 e. The lowest BCUT2D eigenvalue weighted by Crippen LogP contribution is -2.45. The third kappa shape index (κ3) is 6.91. The van der Waals surface area contributed by atoms with E-state index >= 15 is 0 Å². The number of nitrogens with zero attached hydrogens (tertiary/aromatic N) is 3. The van der Waals surface area contributed by atoms with Gasteiger partial charge < -0.3 is 14.8 Å². The van der Waals surface area contributed by atoms with Crippen LogP contribution in [0.1, 0.15) is 35.6 Å². The van der Waals surface area contributed by atoms with E-state index in [4.69, 9.17) is 9.47 Å². The molecule has 0 saturated carbocycles. The average Bonchev–Trinajstić information content (AvgIpc) is 3.77. The minimum atomic E-state index is -1.00. The van der Waals surface area contributed by atoms with Crippen LogP contribution in [0.4, 0.5) is 20.6 Å². The summed E-state index contributed by atoms with van der Waals surface area (Å²) < 4.78 is 24.8. The SMILES string of the molecule is O=C(Nc1ccc(C2SC(=Nc3cccc(F)c3)N(CC3=CCCO3)C2=O)cc1)[C@@H]1CCC(=O)N1C(=O)OCc1ccccc1. The fourth-order valence-electron chi connectivity index (χ4n) is 5.21. The van der Waals surface area contributed by atoms with Crippen LogP contribution in [0.15, 0.2) is 95.7 Å². The molecule has 4 amide bonds. The van der Waals surface area contributed by atoms with E-state index in [0.29, 0.717) is 34.5 Å². The molecule has 3 aromatic rings. The fraction of sp³-hybridized carbons (Fsp3) is 0.242. The highest BCUT2D eigenvalue weighted by Gasteiger charge is 2.42. The normalized spacial score (nSPS) is 20.4. The Morgan fingerprint density at radius 2 is 1.84 bits per heavy atom. The van der Waals surface area contributed by atoms with Gasteiger partial charge in [-0.1, -0.05) is 60.3 Å². The van der Waals surface area contributed by atoms with E-state index in [-0.39, 0.29) is 31.9 Å². The van der Waals surface area contributed by atoms with Crippen LogP contribution in [-0.2, 0) is 30.5 Å². The van der Waals surface area contributed by atoms with Crippen molar-refractivity contribution < 1.29 is 33.0 Å². The number of imide groups is 1. The standard InChI is InChI=1S/C33H29FN4O6S/c34-23-8-4-9-25(18-23)36-32-37(19-26-10-5-17-43-26)31(41)29(45-32)22-11-13-24(14-12-22)35-30(40)27-15-16-28(39)38(27)33(42)44-20-21-6-2-1-3-7-21/h1-4,6-14,18,27,29H,5,15-17,19-20H2,(H,35,40)/t27-,29?/m0/s1. The lowest BCUT2D eigenvalue weighted by molar-refractivity contribution is -0.131. The van der Waals surface area contributed by atoms with Crippen molar-refractivity contribution >= 4 is 52.1 Å². The molecule has 2 saturated heterocycles. The number of benzene rings is 3. The first kappa shape index (κ1) is 30.1. The number of hydrogen-bond acceptors (Lipinski definition) is 8. The highest BCUT2D eigenvalue weighted by molar-refractivity contribution is 8.15. The summed E-state index contributed by atoms with van der Waals surface area (Å²) in [7, 11) is 0. The van der Waals surface area contributed by atoms with Crippen LogP contribution >= 0.6 is 11.8 Å². The number of amides is 4. The molecule has 0 spiro atoms. The molecule has 12 heteroatoms. The first-order valence-electron chi connectivity index (χ1n) is 14.4. The predicted octanol–water partition coefficient (Wildman–Crippen LogP) is 5.70. The first-order valence-corrected chi connectivity index (χ1v) is 15.3. The number of hydrogen-bond donors (Lipinski definition) is 1. The number of halogens is 1. The average molecular weight is 629 g/mol. The summed E-state index contributed by atoms with van der Waals surface area (Å²) in [6.07, 6.45) is 2.06. The molecule has 0 bridgehead atoms. The topological polar surface area (TPSA) is 118 Å². The molecular weight excluding hydrogens is 599 g/mol. The number of anilines is 1. The molecule has 45 heavy (non-hydrogen) atoms. The Hall–Kier alpha value is -4.97. The number of carbonyl (C=O) groups excluding carboxylic acids is 4. The molecule has 0 aliphatic carbocycles. The van der Waals surface area contributed by atoms with E-state index < -0.39 is 35.0 Å². The van der Waals surface area contributed by atoms with Crippen LogP contribution < -0.4 is 5.32 Å². The zero-order chi connectivity index (χ0) is 31.3. The van der Waals surface area contributed by atoms with Gasteiger partial charge in [0, 0.05) is 18.5 Å². The highest BCUT2D eigenvalue weighted by atomic mass is 32.2. The van der Waals surface area contributed by atoms with E-state index in [9.17, 15) is 23.6 Å². The number of amidine groups is 1. The zero-order valence-corrected chi connectivity index (χ0v) is 24.9. The smallest absolute Gasteiger partial charge is 0.417 e. The molecule has 2 atom stereocenters. The Morgan fingerprint density at radius 1 is 1.04 bits per heavy atom. The van der Waals surface area contributed by atoms with Gasteiger partial charge >= 0.3 is 6.09 Å². The Morgan fingerprint density at radius 3 is 2.58 bits per heavy atom. The van der Waals surface area contributed by atoms with E-state index in [2.05, 4.69) is 10.3 Å². The molecular formula is C33H29FN4O6S. The second-order valence-corrected chi connectivity index (χ2v) is 11.6. The molecule has 1 unspecified atom stereocenters. The summed E-state index contributed by atoms with van der Waals surface area (Å²) in [6.45, 7) is 0.752. The monoisotopic (exact) mass is 628 g/mol. The van der Waals surface area contributed by atoms with Crippen molar-refractivity contribution in [3.05, 3.63) is 108 Å². The van der Waals surface area contributed by atoms with Crippen LogP contribution in [-0.4, -0.2) is 58.0 Å². The van der Waals surface area contributed by atoms with E-state index in [1.807, 2.05) is 24.3 Å². The number of rotatable bonds is 8. The molecule has 3 aromatic carbocycles. The van der Waals surface area contributed by atoms with Crippen molar-refractivity contribution in [3.8, 4) is 0 Å². The molecule has 2 fully saturated rings. The highest BCUT2D eigenvalue weighted by Crippen LogP contribution is 2.41. The molecule has 3 heterocycles. The quantitative estimate of drug-likeness (QED) is 0.340. The number of ether oxygens (including phenoxy) is 2. The first-order chi connectivity index (χ1) is 21.9. The van der Waals surface area contributed by atoms with Crippen LogP contribution in [0.3, 0.4) is 0 Å². The van der Waals surface area contributed by atoms with Gasteiger partial charge in [-0.15, -0.1) is 0 Å². The van der Waals surface area contributed by atoms with Crippen molar-refractivity contribution in [2.24, 2.45) is 4.99 Å². The van der Waals surface area contributed by atoms with Crippen molar-refractivity contribution in [1.82, 2.24) is 9.80 Å². The lowest BCUT2D eigenvalue weighted by Gasteiger charge is -2.22. The van der Waals surface area contributed by atoms with E-state index in [1.54, 1.807) is 48.5 Å². The van der Waals surface area contributed by atoms with Crippen LogP contribution in [0.2, 0.25) is 0 Å². The number of likely N-dealkylation sites (tertiary alicyclic amines) is 1. The molecule has 1 N–H and O–H groups in total. The third-order valence-electron chi connectivity index (χ3n) is 7.47. The van der Waals surface area contributed by atoms with Gasteiger partial charge in [0.15, 0.2) is 5.17 Å². The summed E-state index contributed by atoms with van der Waals surface area (Å²) in [4.78, 5) is 58.9. The van der Waals surface area contributed by atoms with Crippen molar-refractivity contribution in [3.63, 3.8) is 0 Å². The van der Waals surface area contributed by atoms with Gasteiger partial charge in [0.1, 0.15) is 29.5 Å². The molecule has 10 nitrogen and oxygen atoms in total. The largest absolute Gasteiger partial charge is 0.496 e. The lowest BCUT2D eigenvalue weighted by atomic mass is 10.1.